The fraction of sp³-hybridized carbons (Fsp3) is 0.0455. The van der Waals surface area contributed by atoms with E-state index in [2.05, 4.69) is 53.2 Å². The van der Waals surface area contributed by atoms with Crippen molar-refractivity contribution in [3.8, 4) is 11.6 Å². The van der Waals surface area contributed by atoms with E-state index < -0.39 is 0 Å². The van der Waals surface area contributed by atoms with Crippen LogP contribution in [0.5, 0.6) is 11.6 Å². The Morgan fingerprint density at radius 2 is 1.60 bits per heavy atom. The Morgan fingerprint density at radius 3 is 2.44 bits per heavy atom. The van der Waals surface area contributed by atoms with Gasteiger partial charge in [-0.3, -0.25) is 0 Å². The molecule has 4 rings (SSSR count). The quantitative estimate of drug-likeness (QED) is 0.437. The summed E-state index contributed by atoms with van der Waals surface area (Å²) in [4.78, 5) is 0. The van der Waals surface area contributed by atoms with Gasteiger partial charge in [0.2, 0.25) is 0 Å². The van der Waals surface area contributed by atoms with E-state index >= 15 is 0 Å². The Hall–Kier alpha value is -2.84. The third kappa shape index (κ3) is 3.49. The highest BCUT2D eigenvalue weighted by Crippen LogP contribution is 2.28. The molecule has 4 aromatic rings. The summed E-state index contributed by atoms with van der Waals surface area (Å²) in [7, 11) is 0. The molecule has 3 heteroatoms. The number of aromatic nitrogens is 1. The van der Waals surface area contributed by atoms with Crippen molar-refractivity contribution in [2.24, 2.45) is 0 Å². The average Bonchev–Trinajstić information content (AvgIpc) is 2.65. The van der Waals surface area contributed by atoms with Gasteiger partial charge in [0.1, 0.15) is 5.75 Å². The zero-order chi connectivity index (χ0) is 17.1. The van der Waals surface area contributed by atoms with Crippen LogP contribution < -0.4 is 9.30 Å². The number of ether oxygens (including phenoxy) is 1. The number of rotatable bonds is 4. The van der Waals surface area contributed by atoms with Gasteiger partial charge in [-0.15, -0.1) is 0 Å². The molecule has 25 heavy (non-hydrogen) atoms. The average molecular weight is 347 g/mol. The predicted octanol–water partition coefficient (Wildman–Crippen LogP) is 5.62. The summed E-state index contributed by atoms with van der Waals surface area (Å²) >= 11 is 6.11. The molecule has 1 aromatic heterocycles. The third-order valence-corrected chi connectivity index (χ3v) is 4.33. The number of pyridine rings is 1. The second kappa shape index (κ2) is 6.96. The van der Waals surface area contributed by atoms with Gasteiger partial charge in [-0.1, -0.05) is 66.2 Å². The maximum Gasteiger partial charge on any atom is 0.381 e. The molecule has 0 amide bonds. The number of benzene rings is 3. The first-order chi connectivity index (χ1) is 12.3. The largest absolute Gasteiger partial charge is 0.405 e. The van der Waals surface area contributed by atoms with Crippen LogP contribution in [0.4, 0.5) is 0 Å². The molecular weight excluding hydrogens is 330 g/mol. The van der Waals surface area contributed by atoms with Crippen LogP contribution in [0, 0.1) is 0 Å². The van der Waals surface area contributed by atoms with Crippen molar-refractivity contribution in [1.29, 1.82) is 0 Å². The van der Waals surface area contributed by atoms with E-state index in [-0.39, 0.29) is 0 Å². The first-order valence-corrected chi connectivity index (χ1v) is 8.56. The monoisotopic (exact) mass is 346 g/mol. The number of nitrogens with zero attached hydrogens (tertiary/aromatic N) is 1. The minimum Gasteiger partial charge on any atom is -0.405 e. The van der Waals surface area contributed by atoms with E-state index in [9.17, 15) is 0 Å². The highest BCUT2D eigenvalue weighted by atomic mass is 35.5. The summed E-state index contributed by atoms with van der Waals surface area (Å²) < 4.78 is 8.38. The summed E-state index contributed by atoms with van der Waals surface area (Å²) in [5.41, 5.74) is 1.22. The lowest BCUT2D eigenvalue weighted by Gasteiger charge is -2.09. The minimum absolute atomic E-state index is 0.660. The molecule has 0 aliphatic rings. The molecule has 0 N–H and O–H groups in total. The Balaban J connectivity index is 1.81. The van der Waals surface area contributed by atoms with E-state index in [1.54, 1.807) is 0 Å². The summed E-state index contributed by atoms with van der Waals surface area (Å²) in [6.45, 7) is 0.738. The van der Waals surface area contributed by atoms with Gasteiger partial charge in [-0.2, -0.15) is 4.57 Å². The van der Waals surface area contributed by atoms with Crippen LogP contribution in [-0.4, -0.2) is 0 Å². The summed E-state index contributed by atoms with van der Waals surface area (Å²) in [5, 5.41) is 2.87. The normalized spacial score (nSPS) is 10.8. The molecule has 0 fully saturated rings. The van der Waals surface area contributed by atoms with Gasteiger partial charge in [-0.25, -0.2) is 0 Å². The molecule has 0 saturated heterocycles. The number of hydrogen-bond acceptors (Lipinski definition) is 1. The van der Waals surface area contributed by atoms with Gasteiger partial charge >= 0.3 is 5.88 Å². The standard InChI is InChI=1S/C22H17ClNO/c23-19-10-6-11-20(15-19)25-22-21-12-5-4-9-18(21)13-14-24(22)16-17-7-2-1-3-8-17/h1-15H,16H2/q+1. The molecule has 0 saturated carbocycles. The zero-order valence-electron chi connectivity index (χ0n) is 13.6. The van der Waals surface area contributed by atoms with Crippen molar-refractivity contribution in [3.63, 3.8) is 0 Å². The van der Waals surface area contributed by atoms with Gasteiger partial charge in [0.25, 0.3) is 0 Å². The van der Waals surface area contributed by atoms with Gasteiger partial charge in [0.05, 0.1) is 5.39 Å². The highest BCUT2D eigenvalue weighted by molar-refractivity contribution is 6.30. The first-order valence-electron chi connectivity index (χ1n) is 8.18. The third-order valence-electron chi connectivity index (χ3n) is 4.09. The second-order valence-corrected chi connectivity index (χ2v) is 6.32. The van der Waals surface area contributed by atoms with Crippen molar-refractivity contribution >= 4 is 22.4 Å². The van der Waals surface area contributed by atoms with Crippen molar-refractivity contribution in [2.75, 3.05) is 0 Å². The number of fused-ring (bicyclic) bond motifs is 1. The molecule has 122 valence electrons. The van der Waals surface area contributed by atoms with Gasteiger partial charge < -0.3 is 4.74 Å². The SMILES string of the molecule is Clc1cccc(Oc2c3ccccc3cc[n+]2Cc2ccccc2)c1. The van der Waals surface area contributed by atoms with E-state index in [0.717, 1.165) is 28.9 Å². The fourth-order valence-electron chi connectivity index (χ4n) is 2.89. The maximum absolute atomic E-state index is 6.25. The van der Waals surface area contributed by atoms with Crippen molar-refractivity contribution in [2.45, 2.75) is 6.54 Å². The predicted molar refractivity (Wildman–Crippen MR) is 101 cm³/mol. The van der Waals surface area contributed by atoms with Crippen molar-refractivity contribution < 1.29 is 9.30 Å². The van der Waals surface area contributed by atoms with Crippen LogP contribution in [0.1, 0.15) is 5.56 Å². The smallest absolute Gasteiger partial charge is 0.381 e. The maximum atomic E-state index is 6.25. The highest BCUT2D eigenvalue weighted by Gasteiger charge is 2.18. The molecule has 0 bridgehead atoms. The van der Waals surface area contributed by atoms with E-state index in [0.29, 0.717) is 5.02 Å². The minimum atomic E-state index is 0.660. The summed E-state index contributed by atoms with van der Waals surface area (Å²) in [5.74, 6) is 1.54. The molecular formula is C22H17ClNO+. The molecule has 0 spiro atoms. The van der Waals surface area contributed by atoms with Gasteiger partial charge in [0, 0.05) is 16.7 Å². The van der Waals surface area contributed by atoms with Crippen LogP contribution in [0.15, 0.2) is 91.1 Å². The second-order valence-electron chi connectivity index (χ2n) is 5.88. The van der Waals surface area contributed by atoms with Crippen LogP contribution in [0.25, 0.3) is 10.8 Å². The molecule has 0 aliphatic carbocycles. The summed E-state index contributed by atoms with van der Waals surface area (Å²) in [6, 6.07) is 28.2. The molecule has 2 nitrogen and oxygen atoms in total. The lowest BCUT2D eigenvalue weighted by atomic mass is 10.1. The Labute approximate surface area is 151 Å². The van der Waals surface area contributed by atoms with Crippen LogP contribution in [-0.2, 0) is 6.54 Å². The van der Waals surface area contributed by atoms with Gasteiger partial charge in [-0.05, 0) is 29.7 Å². The van der Waals surface area contributed by atoms with Crippen LogP contribution >= 0.6 is 11.6 Å². The molecule has 0 unspecified atom stereocenters. The van der Waals surface area contributed by atoms with E-state index in [1.807, 2.05) is 42.5 Å². The number of halogens is 1. The number of hydrogen-bond donors (Lipinski definition) is 0. The van der Waals surface area contributed by atoms with Crippen molar-refractivity contribution in [3.05, 3.63) is 102 Å². The zero-order valence-corrected chi connectivity index (χ0v) is 14.4. The van der Waals surface area contributed by atoms with E-state index in [1.165, 1.54) is 5.56 Å². The van der Waals surface area contributed by atoms with E-state index in [4.69, 9.17) is 16.3 Å². The molecule has 0 radical (unpaired) electrons. The molecule has 0 atom stereocenters. The van der Waals surface area contributed by atoms with Crippen LogP contribution in [0.2, 0.25) is 5.02 Å². The Morgan fingerprint density at radius 1 is 0.800 bits per heavy atom. The lowest BCUT2D eigenvalue weighted by molar-refractivity contribution is -0.691. The first kappa shape index (κ1) is 15.7. The molecule has 0 aliphatic heterocycles. The van der Waals surface area contributed by atoms with Crippen molar-refractivity contribution in [1.82, 2.24) is 0 Å². The molecule has 1 heterocycles. The van der Waals surface area contributed by atoms with Crippen LogP contribution in [0.3, 0.4) is 0 Å². The summed E-state index contributed by atoms with van der Waals surface area (Å²) in [6.07, 6.45) is 2.06. The Kier molecular flexibility index (Phi) is 4.36. The van der Waals surface area contributed by atoms with Gasteiger partial charge in [0.15, 0.2) is 12.7 Å². The molecule has 3 aromatic carbocycles. The lowest BCUT2D eigenvalue weighted by Crippen LogP contribution is -2.35. The Bertz CT molecular complexity index is 1010. The topological polar surface area (TPSA) is 13.1 Å². The fourth-order valence-corrected chi connectivity index (χ4v) is 3.07.